The average molecular weight is 212 g/mol. The van der Waals surface area contributed by atoms with Crippen LogP contribution in [0.2, 0.25) is 0 Å². The maximum absolute atomic E-state index is 11.6. The number of carbonyl (C=O) groups excluding carboxylic acids is 1. The molecule has 0 unspecified atom stereocenters. The highest BCUT2D eigenvalue weighted by molar-refractivity contribution is 6.04. The van der Waals surface area contributed by atoms with Crippen molar-refractivity contribution < 1.29 is 4.79 Å². The van der Waals surface area contributed by atoms with Gasteiger partial charge in [-0.25, -0.2) is 0 Å². The van der Waals surface area contributed by atoms with Crippen molar-refractivity contribution in [2.75, 3.05) is 0 Å². The van der Waals surface area contributed by atoms with Crippen LogP contribution in [-0.4, -0.2) is 5.78 Å². The van der Waals surface area contributed by atoms with E-state index in [9.17, 15) is 4.79 Å². The molecule has 0 saturated carbocycles. The summed E-state index contributed by atoms with van der Waals surface area (Å²) in [4.78, 5) is 11.6. The van der Waals surface area contributed by atoms with Crippen molar-refractivity contribution in [3.05, 3.63) is 52.6 Å². The quantitative estimate of drug-likeness (QED) is 0.695. The predicted molar refractivity (Wildman–Crippen MR) is 67.3 cm³/mol. The van der Waals surface area contributed by atoms with Crippen molar-refractivity contribution in [2.45, 2.75) is 27.2 Å². The summed E-state index contributed by atoms with van der Waals surface area (Å²) in [6.45, 7) is 6.07. The first kappa shape index (κ1) is 10.9. The lowest BCUT2D eigenvalue weighted by Crippen LogP contribution is -2.05. The number of ketones is 1. The third-order valence-electron chi connectivity index (χ3n) is 3.20. The van der Waals surface area contributed by atoms with Gasteiger partial charge in [0.05, 0.1) is 0 Å². The Balaban J connectivity index is 2.39. The second kappa shape index (κ2) is 4.09. The molecule has 0 amide bonds. The summed E-state index contributed by atoms with van der Waals surface area (Å²) in [5.74, 6) is 0.232. The largest absolute Gasteiger partial charge is 0.294 e. The van der Waals surface area contributed by atoms with Crippen molar-refractivity contribution in [1.82, 2.24) is 0 Å². The number of rotatable bonds is 1. The van der Waals surface area contributed by atoms with Crippen molar-refractivity contribution >= 4 is 11.4 Å². The van der Waals surface area contributed by atoms with Crippen LogP contribution in [0, 0.1) is 13.8 Å². The molecule has 0 heterocycles. The normalized spacial score (nSPS) is 15.8. The van der Waals surface area contributed by atoms with E-state index in [2.05, 4.69) is 38.1 Å². The Morgan fingerprint density at radius 1 is 1.00 bits per heavy atom. The Labute approximate surface area is 96.5 Å². The molecule has 82 valence electrons. The fourth-order valence-corrected chi connectivity index (χ4v) is 1.83. The van der Waals surface area contributed by atoms with Crippen LogP contribution >= 0.6 is 0 Å². The third kappa shape index (κ3) is 1.99. The minimum atomic E-state index is 0.232. The van der Waals surface area contributed by atoms with Gasteiger partial charge in [-0.05, 0) is 48.6 Å². The molecular weight excluding hydrogens is 196 g/mol. The standard InChI is InChI=1S/C15H16O/c1-10-4-6-13(8-12(10)3)14-7-5-11(2)15(16)9-14/h4-8H,9H2,1-3H3. The highest BCUT2D eigenvalue weighted by Gasteiger charge is 2.13. The molecule has 0 spiro atoms. The van der Waals surface area contributed by atoms with Crippen LogP contribution in [0.1, 0.15) is 30.0 Å². The summed E-state index contributed by atoms with van der Waals surface area (Å²) in [5, 5.41) is 0. The lowest BCUT2D eigenvalue weighted by molar-refractivity contribution is -0.114. The van der Waals surface area contributed by atoms with E-state index in [1.807, 2.05) is 13.0 Å². The molecular formula is C15H16O. The Morgan fingerprint density at radius 3 is 2.38 bits per heavy atom. The van der Waals surface area contributed by atoms with E-state index in [-0.39, 0.29) is 5.78 Å². The molecule has 0 aromatic heterocycles. The first-order valence-corrected chi connectivity index (χ1v) is 5.56. The summed E-state index contributed by atoms with van der Waals surface area (Å²) < 4.78 is 0. The van der Waals surface area contributed by atoms with Gasteiger partial charge < -0.3 is 0 Å². The van der Waals surface area contributed by atoms with Gasteiger partial charge in [-0.3, -0.25) is 4.79 Å². The zero-order valence-corrected chi connectivity index (χ0v) is 10.0. The molecule has 1 aromatic carbocycles. The van der Waals surface area contributed by atoms with Gasteiger partial charge in [-0.1, -0.05) is 30.4 Å². The molecule has 0 fully saturated rings. The first-order valence-electron chi connectivity index (χ1n) is 5.56. The fraction of sp³-hybridized carbons (Fsp3) is 0.267. The molecule has 16 heavy (non-hydrogen) atoms. The third-order valence-corrected chi connectivity index (χ3v) is 3.20. The van der Waals surface area contributed by atoms with Crippen molar-refractivity contribution in [3.8, 4) is 0 Å². The summed E-state index contributed by atoms with van der Waals surface area (Å²) in [7, 11) is 0. The Bertz CT molecular complexity index is 504. The van der Waals surface area contributed by atoms with E-state index in [0.29, 0.717) is 6.42 Å². The van der Waals surface area contributed by atoms with Gasteiger partial charge >= 0.3 is 0 Å². The minimum Gasteiger partial charge on any atom is -0.294 e. The molecule has 0 atom stereocenters. The summed E-state index contributed by atoms with van der Waals surface area (Å²) in [6, 6.07) is 6.36. The van der Waals surface area contributed by atoms with E-state index < -0.39 is 0 Å². The van der Waals surface area contributed by atoms with Gasteiger partial charge in [0, 0.05) is 6.42 Å². The monoisotopic (exact) mass is 212 g/mol. The van der Waals surface area contributed by atoms with Crippen molar-refractivity contribution in [2.24, 2.45) is 0 Å². The smallest absolute Gasteiger partial charge is 0.162 e. The number of Topliss-reactive ketones (excluding diaryl/α,β-unsaturated/α-hetero) is 1. The van der Waals surface area contributed by atoms with Crippen LogP contribution in [0.25, 0.3) is 5.57 Å². The Kier molecular flexibility index (Phi) is 2.78. The van der Waals surface area contributed by atoms with E-state index in [1.54, 1.807) is 0 Å². The second-order valence-corrected chi connectivity index (χ2v) is 4.44. The summed E-state index contributed by atoms with van der Waals surface area (Å²) >= 11 is 0. The van der Waals surface area contributed by atoms with Gasteiger partial charge in [0.1, 0.15) is 0 Å². The molecule has 0 bridgehead atoms. The average Bonchev–Trinajstić information content (AvgIpc) is 2.26. The molecule has 0 saturated heterocycles. The molecule has 0 aliphatic heterocycles. The summed E-state index contributed by atoms with van der Waals surface area (Å²) in [6.07, 6.45) is 4.50. The molecule has 2 rings (SSSR count). The maximum Gasteiger partial charge on any atom is 0.162 e. The molecule has 1 aliphatic rings. The fourth-order valence-electron chi connectivity index (χ4n) is 1.83. The van der Waals surface area contributed by atoms with Gasteiger partial charge in [-0.15, -0.1) is 0 Å². The molecule has 0 N–H and O–H groups in total. The van der Waals surface area contributed by atoms with Crippen LogP contribution in [0.3, 0.4) is 0 Å². The van der Waals surface area contributed by atoms with Crippen LogP contribution < -0.4 is 0 Å². The Hall–Kier alpha value is -1.63. The van der Waals surface area contributed by atoms with Crippen LogP contribution in [0.4, 0.5) is 0 Å². The van der Waals surface area contributed by atoms with Crippen LogP contribution in [0.15, 0.2) is 35.9 Å². The van der Waals surface area contributed by atoms with E-state index >= 15 is 0 Å². The molecule has 1 nitrogen and oxygen atoms in total. The maximum atomic E-state index is 11.6. The lowest BCUT2D eigenvalue weighted by atomic mass is 9.91. The number of aryl methyl sites for hydroxylation is 2. The number of carbonyl (C=O) groups is 1. The number of allylic oxidation sites excluding steroid dienone is 4. The minimum absolute atomic E-state index is 0.232. The zero-order valence-electron chi connectivity index (χ0n) is 10.0. The van der Waals surface area contributed by atoms with Gasteiger partial charge in [0.15, 0.2) is 5.78 Å². The van der Waals surface area contributed by atoms with Gasteiger partial charge in [0.2, 0.25) is 0 Å². The predicted octanol–water partition coefficient (Wildman–Crippen LogP) is 3.61. The highest BCUT2D eigenvalue weighted by atomic mass is 16.1. The highest BCUT2D eigenvalue weighted by Crippen LogP contribution is 2.25. The SMILES string of the molecule is CC1=CC=C(c2ccc(C)c(C)c2)CC1=O. The number of benzene rings is 1. The van der Waals surface area contributed by atoms with Crippen molar-refractivity contribution in [1.29, 1.82) is 0 Å². The zero-order chi connectivity index (χ0) is 11.7. The molecule has 1 heteroatoms. The first-order chi connectivity index (χ1) is 7.58. The van der Waals surface area contributed by atoms with E-state index in [1.165, 1.54) is 16.7 Å². The van der Waals surface area contributed by atoms with E-state index in [4.69, 9.17) is 0 Å². The molecule has 0 radical (unpaired) electrons. The molecule has 1 aromatic rings. The Morgan fingerprint density at radius 2 is 1.75 bits per heavy atom. The second-order valence-electron chi connectivity index (χ2n) is 4.44. The number of hydrogen-bond acceptors (Lipinski definition) is 1. The van der Waals surface area contributed by atoms with E-state index in [0.717, 1.165) is 11.1 Å². The van der Waals surface area contributed by atoms with Gasteiger partial charge in [-0.2, -0.15) is 0 Å². The van der Waals surface area contributed by atoms with Crippen LogP contribution in [-0.2, 0) is 4.79 Å². The van der Waals surface area contributed by atoms with Gasteiger partial charge in [0.25, 0.3) is 0 Å². The molecule has 1 aliphatic carbocycles. The summed E-state index contributed by atoms with van der Waals surface area (Å²) in [5.41, 5.74) is 5.71. The number of hydrogen-bond donors (Lipinski definition) is 0. The van der Waals surface area contributed by atoms with Crippen molar-refractivity contribution in [3.63, 3.8) is 0 Å². The topological polar surface area (TPSA) is 17.1 Å². The lowest BCUT2D eigenvalue weighted by Gasteiger charge is -2.12. The van der Waals surface area contributed by atoms with Crippen LogP contribution in [0.5, 0.6) is 0 Å².